The number of ether oxygens (including phenoxy) is 1. The summed E-state index contributed by atoms with van der Waals surface area (Å²) in [6.07, 6.45) is 1.00. The van der Waals surface area contributed by atoms with Crippen LogP contribution in [0.15, 0.2) is 54.6 Å². The number of hydrogen-bond donors (Lipinski definition) is 4. The minimum atomic E-state index is -1.48. The third-order valence-electron chi connectivity index (χ3n) is 8.92. The standard InChI is InChI=1S/C31H27Cl2F2N3O5/c1-43-23-10-14(29(40)41)5-8-21(23)36-28(39)27-25(18-3-2-4-20(33)26(18)35)31(24(38-27)11-15-9-16(15)13-34)19-7-6-17(32)12-22(19)37-30(31)42/h2-8,10,12,15-16,24-25,27,38H,9,11,13H2,1H3,(H,36,39)(H,37,42)(H,40,41)/t15?,16?,24-,25-,27+,31+/m0/s1. The molecule has 1 saturated heterocycles. The molecule has 3 aromatic carbocycles. The highest BCUT2D eigenvalue weighted by atomic mass is 35.5. The predicted octanol–water partition coefficient (Wildman–Crippen LogP) is 5.79. The molecule has 4 N–H and O–H groups in total. The highest BCUT2D eigenvalue weighted by Crippen LogP contribution is 2.58. The summed E-state index contributed by atoms with van der Waals surface area (Å²) in [6.45, 7) is -0.495. The van der Waals surface area contributed by atoms with Gasteiger partial charge in [0.2, 0.25) is 11.8 Å². The fourth-order valence-electron chi connectivity index (χ4n) is 6.80. The lowest BCUT2D eigenvalue weighted by molar-refractivity contribution is -0.122. The highest BCUT2D eigenvalue weighted by Gasteiger charge is 2.66. The lowest BCUT2D eigenvalue weighted by atomic mass is 9.63. The van der Waals surface area contributed by atoms with Crippen molar-refractivity contribution in [1.29, 1.82) is 0 Å². The van der Waals surface area contributed by atoms with E-state index in [1.807, 2.05) is 0 Å². The fourth-order valence-corrected chi connectivity index (χ4v) is 7.16. The number of carboxylic acid groups (broad SMARTS) is 1. The Morgan fingerprint density at radius 2 is 1.93 bits per heavy atom. The number of nitrogens with one attached hydrogen (secondary N) is 3. The van der Waals surface area contributed by atoms with Crippen LogP contribution in [0, 0.1) is 17.7 Å². The van der Waals surface area contributed by atoms with Crippen molar-refractivity contribution in [2.45, 2.75) is 36.3 Å². The molecule has 2 fully saturated rings. The minimum absolute atomic E-state index is 0.0288. The third-order valence-corrected chi connectivity index (χ3v) is 9.44. The molecule has 3 aliphatic rings. The number of methoxy groups -OCH3 is 1. The number of rotatable bonds is 8. The van der Waals surface area contributed by atoms with E-state index in [0.29, 0.717) is 29.1 Å². The number of alkyl halides is 1. The molecule has 224 valence electrons. The van der Waals surface area contributed by atoms with Crippen molar-refractivity contribution in [3.05, 3.63) is 87.2 Å². The summed E-state index contributed by atoms with van der Waals surface area (Å²) in [5, 5.41) is 18.6. The second-order valence-corrected chi connectivity index (χ2v) is 12.0. The number of halogens is 4. The summed E-state index contributed by atoms with van der Waals surface area (Å²) in [4.78, 5) is 39.8. The average Bonchev–Trinajstić information content (AvgIpc) is 3.57. The molecule has 2 unspecified atom stereocenters. The zero-order chi connectivity index (χ0) is 30.6. The van der Waals surface area contributed by atoms with Crippen LogP contribution in [0.25, 0.3) is 0 Å². The van der Waals surface area contributed by atoms with E-state index in [1.54, 1.807) is 24.3 Å². The Bertz CT molecular complexity index is 1660. The van der Waals surface area contributed by atoms with Crippen LogP contribution in [-0.4, -0.2) is 48.8 Å². The summed E-state index contributed by atoms with van der Waals surface area (Å²) in [7, 11) is 1.33. The van der Waals surface area contributed by atoms with Gasteiger partial charge in [-0.15, -0.1) is 0 Å². The molecule has 0 bridgehead atoms. The number of amides is 2. The fraction of sp³-hybridized carbons (Fsp3) is 0.323. The van der Waals surface area contributed by atoms with E-state index in [2.05, 4.69) is 16.0 Å². The van der Waals surface area contributed by atoms with Gasteiger partial charge in [-0.05, 0) is 72.2 Å². The van der Waals surface area contributed by atoms with Crippen LogP contribution in [0.2, 0.25) is 10.0 Å². The Balaban J connectivity index is 1.50. The molecule has 1 saturated carbocycles. The Hall–Kier alpha value is -3.73. The zero-order valence-electron chi connectivity index (χ0n) is 22.8. The van der Waals surface area contributed by atoms with Crippen molar-refractivity contribution in [3.63, 3.8) is 0 Å². The smallest absolute Gasteiger partial charge is 0.335 e. The minimum Gasteiger partial charge on any atom is -0.495 e. The van der Waals surface area contributed by atoms with Gasteiger partial charge in [0, 0.05) is 22.7 Å². The molecule has 0 radical (unpaired) electrons. The average molecular weight is 630 g/mol. The summed E-state index contributed by atoms with van der Waals surface area (Å²) in [6, 6.07) is 11.5. The molecule has 3 aromatic rings. The number of anilines is 2. The van der Waals surface area contributed by atoms with E-state index in [-0.39, 0.29) is 39.4 Å². The first-order valence-electron chi connectivity index (χ1n) is 13.7. The van der Waals surface area contributed by atoms with Gasteiger partial charge in [0.25, 0.3) is 0 Å². The van der Waals surface area contributed by atoms with Gasteiger partial charge in [0.15, 0.2) is 0 Å². The van der Waals surface area contributed by atoms with Gasteiger partial charge in [-0.1, -0.05) is 41.4 Å². The van der Waals surface area contributed by atoms with Gasteiger partial charge in [-0.25, -0.2) is 9.18 Å². The first kappa shape index (κ1) is 29.3. The van der Waals surface area contributed by atoms with E-state index in [9.17, 15) is 23.9 Å². The second-order valence-electron chi connectivity index (χ2n) is 11.2. The van der Waals surface area contributed by atoms with Crippen molar-refractivity contribution in [3.8, 4) is 5.75 Å². The lowest BCUT2D eigenvalue weighted by Crippen LogP contribution is -2.48. The Morgan fingerprint density at radius 1 is 1.14 bits per heavy atom. The van der Waals surface area contributed by atoms with Gasteiger partial charge < -0.3 is 25.8 Å². The van der Waals surface area contributed by atoms with Gasteiger partial charge in [0.05, 0.1) is 36.1 Å². The molecular formula is C31H27Cl2F2N3O5. The van der Waals surface area contributed by atoms with Crippen molar-refractivity contribution in [2.75, 3.05) is 24.4 Å². The van der Waals surface area contributed by atoms with Crippen molar-refractivity contribution in [1.82, 2.24) is 5.32 Å². The molecule has 0 aromatic heterocycles. The molecule has 2 aliphatic heterocycles. The monoisotopic (exact) mass is 629 g/mol. The quantitative estimate of drug-likeness (QED) is 0.251. The number of hydrogen-bond acceptors (Lipinski definition) is 5. The van der Waals surface area contributed by atoms with Gasteiger partial charge in [-0.3, -0.25) is 14.0 Å². The summed E-state index contributed by atoms with van der Waals surface area (Å²) >= 11 is 12.5. The first-order valence-corrected chi connectivity index (χ1v) is 14.4. The summed E-state index contributed by atoms with van der Waals surface area (Å²) in [5.41, 5.74) is -0.289. The molecule has 6 atom stereocenters. The van der Waals surface area contributed by atoms with Crippen LogP contribution in [0.4, 0.5) is 20.2 Å². The zero-order valence-corrected chi connectivity index (χ0v) is 24.3. The van der Waals surface area contributed by atoms with E-state index in [0.717, 1.165) is 0 Å². The molecule has 1 aliphatic carbocycles. The number of carboxylic acids is 1. The molecule has 43 heavy (non-hydrogen) atoms. The van der Waals surface area contributed by atoms with Crippen molar-refractivity contribution >= 4 is 52.4 Å². The van der Waals surface area contributed by atoms with Crippen LogP contribution in [-0.2, 0) is 15.0 Å². The molecular weight excluding hydrogens is 603 g/mol. The maximum absolute atomic E-state index is 15.9. The predicted molar refractivity (Wildman–Crippen MR) is 157 cm³/mol. The SMILES string of the molecule is COc1cc(C(=O)O)ccc1NC(=O)[C@@H]1N[C@@H](CC2CC2CF)[C@@]2(C(=O)Nc3cc(Cl)ccc32)[C@H]1c1cccc(Cl)c1F. The molecule has 2 heterocycles. The number of carbonyl (C=O) groups excluding carboxylic acids is 2. The number of benzene rings is 3. The van der Waals surface area contributed by atoms with Crippen molar-refractivity contribution < 1.29 is 33.0 Å². The normalized spacial score (nSPS) is 27.1. The second kappa shape index (κ2) is 11.1. The topological polar surface area (TPSA) is 117 Å². The molecule has 6 rings (SSSR count). The molecule has 1 spiro atoms. The maximum Gasteiger partial charge on any atom is 0.335 e. The van der Waals surface area contributed by atoms with Gasteiger partial charge in [0.1, 0.15) is 17.0 Å². The van der Waals surface area contributed by atoms with Crippen LogP contribution in [0.1, 0.15) is 40.2 Å². The van der Waals surface area contributed by atoms with Crippen LogP contribution >= 0.6 is 23.2 Å². The van der Waals surface area contributed by atoms with Crippen LogP contribution in [0.3, 0.4) is 0 Å². The van der Waals surface area contributed by atoms with Crippen LogP contribution in [0.5, 0.6) is 5.75 Å². The molecule has 8 nitrogen and oxygen atoms in total. The number of fused-ring (bicyclic) bond motifs is 2. The van der Waals surface area contributed by atoms with E-state index < -0.39 is 53.7 Å². The van der Waals surface area contributed by atoms with Crippen LogP contribution < -0.4 is 20.7 Å². The van der Waals surface area contributed by atoms with Gasteiger partial charge in [-0.2, -0.15) is 0 Å². The van der Waals surface area contributed by atoms with E-state index in [1.165, 1.54) is 37.4 Å². The largest absolute Gasteiger partial charge is 0.495 e. The first-order chi connectivity index (χ1) is 20.6. The Kier molecular flexibility index (Phi) is 7.56. The Labute approximate surface area is 255 Å². The van der Waals surface area contributed by atoms with Crippen molar-refractivity contribution in [2.24, 2.45) is 11.8 Å². The maximum atomic E-state index is 15.9. The number of aromatic carboxylic acids is 1. The summed E-state index contributed by atoms with van der Waals surface area (Å²) in [5.74, 6) is -4.16. The highest BCUT2D eigenvalue weighted by molar-refractivity contribution is 6.31. The molecule has 12 heteroatoms. The number of carbonyl (C=O) groups is 3. The van der Waals surface area contributed by atoms with E-state index in [4.69, 9.17) is 27.9 Å². The van der Waals surface area contributed by atoms with E-state index >= 15 is 4.39 Å². The summed E-state index contributed by atoms with van der Waals surface area (Å²) < 4.78 is 34.8. The Morgan fingerprint density at radius 3 is 2.63 bits per heavy atom. The third kappa shape index (κ3) is 4.81. The lowest BCUT2D eigenvalue weighted by Gasteiger charge is -2.35. The van der Waals surface area contributed by atoms with Gasteiger partial charge >= 0.3 is 5.97 Å². The molecule has 2 amide bonds.